The summed E-state index contributed by atoms with van der Waals surface area (Å²) in [5, 5.41) is 3.32. The fraction of sp³-hybridized carbons (Fsp3) is 0.318. The molecule has 0 spiro atoms. The zero-order valence-electron chi connectivity index (χ0n) is 18.4. The minimum atomic E-state index is -0.433. The molecule has 1 aliphatic rings. The van der Waals surface area contributed by atoms with Crippen LogP contribution in [0.5, 0.6) is 5.75 Å². The van der Waals surface area contributed by atoms with E-state index in [4.69, 9.17) is 14.1 Å². The third kappa shape index (κ3) is 4.39. The number of anilines is 1. The lowest BCUT2D eigenvalue weighted by Gasteiger charge is -2.15. The van der Waals surface area contributed by atoms with Gasteiger partial charge in [-0.3, -0.25) is 4.40 Å². The Hall–Kier alpha value is -3.15. The molecular formula is C22H24FN7O2S. The normalized spacial score (nSPS) is 14.9. The SMILES string of the molecule is CCN1CCN(CCNc2nccc(-c3c(-c4ccc(F)c(OC)c4)nc4occn34)n2)S1. The number of benzene rings is 1. The lowest BCUT2D eigenvalue weighted by Crippen LogP contribution is -2.22. The van der Waals surface area contributed by atoms with Gasteiger partial charge in [0.15, 0.2) is 11.6 Å². The van der Waals surface area contributed by atoms with Crippen molar-refractivity contribution >= 4 is 23.9 Å². The topological polar surface area (TPSA) is 84.0 Å². The van der Waals surface area contributed by atoms with Crippen LogP contribution in [0.15, 0.2) is 47.3 Å². The second-order valence-corrected chi connectivity index (χ2v) is 8.63. The molecule has 1 aliphatic heterocycles. The number of methoxy groups -OCH3 is 1. The number of oxazole rings is 1. The Morgan fingerprint density at radius 2 is 2.09 bits per heavy atom. The van der Waals surface area contributed by atoms with Gasteiger partial charge in [0.05, 0.1) is 12.8 Å². The van der Waals surface area contributed by atoms with Crippen molar-refractivity contribution in [3.63, 3.8) is 0 Å². The van der Waals surface area contributed by atoms with Crippen molar-refractivity contribution < 1.29 is 13.5 Å². The summed E-state index contributed by atoms with van der Waals surface area (Å²) in [4.78, 5) is 13.7. The predicted molar refractivity (Wildman–Crippen MR) is 125 cm³/mol. The molecule has 1 fully saturated rings. The maximum atomic E-state index is 14.0. The van der Waals surface area contributed by atoms with E-state index in [1.54, 1.807) is 42.9 Å². The van der Waals surface area contributed by atoms with Crippen LogP contribution in [0.25, 0.3) is 28.5 Å². The van der Waals surface area contributed by atoms with Gasteiger partial charge < -0.3 is 14.5 Å². The number of imidazole rings is 1. The van der Waals surface area contributed by atoms with Gasteiger partial charge in [-0.25, -0.2) is 23.0 Å². The standard InChI is InChI=1S/C22H24FN7O2S/c1-3-28-10-11-29(33-28)9-8-25-21-24-7-6-17(26-21)20-19(27-22-30(20)12-13-32-22)15-4-5-16(23)18(14-15)31-2/h4-7,12-14H,3,8-11H2,1-2H3,(H,24,25,26). The van der Waals surface area contributed by atoms with Crippen molar-refractivity contribution in [3.8, 4) is 28.4 Å². The predicted octanol–water partition coefficient (Wildman–Crippen LogP) is 3.81. The quantitative estimate of drug-likeness (QED) is 0.387. The van der Waals surface area contributed by atoms with Gasteiger partial charge in [-0.2, -0.15) is 4.98 Å². The lowest BCUT2D eigenvalue weighted by atomic mass is 10.1. The van der Waals surface area contributed by atoms with Crippen LogP contribution in [-0.2, 0) is 0 Å². The van der Waals surface area contributed by atoms with Gasteiger partial charge in [-0.15, -0.1) is 0 Å². The molecule has 1 N–H and O–H groups in total. The molecule has 0 bridgehead atoms. The zero-order valence-corrected chi connectivity index (χ0v) is 19.2. The number of halogens is 1. The molecule has 4 heterocycles. The van der Waals surface area contributed by atoms with Gasteiger partial charge in [-0.1, -0.05) is 6.92 Å². The highest BCUT2D eigenvalue weighted by Gasteiger charge is 2.21. The first-order valence-corrected chi connectivity index (χ1v) is 11.4. The van der Waals surface area contributed by atoms with E-state index in [9.17, 15) is 4.39 Å². The highest BCUT2D eigenvalue weighted by Crippen LogP contribution is 2.34. The van der Waals surface area contributed by atoms with E-state index in [0.29, 0.717) is 28.7 Å². The maximum Gasteiger partial charge on any atom is 0.306 e. The monoisotopic (exact) mass is 469 g/mol. The molecule has 0 saturated carbocycles. The summed E-state index contributed by atoms with van der Waals surface area (Å²) in [6, 6.07) is 6.47. The van der Waals surface area contributed by atoms with Crippen molar-refractivity contribution in [1.29, 1.82) is 0 Å². The maximum absolute atomic E-state index is 14.0. The van der Waals surface area contributed by atoms with Gasteiger partial charge in [0.25, 0.3) is 0 Å². The highest BCUT2D eigenvalue weighted by atomic mass is 32.2. The van der Waals surface area contributed by atoms with Crippen molar-refractivity contribution in [3.05, 3.63) is 48.7 Å². The van der Waals surface area contributed by atoms with Crippen molar-refractivity contribution in [2.24, 2.45) is 0 Å². The molecule has 0 amide bonds. The van der Waals surface area contributed by atoms with Crippen LogP contribution in [0, 0.1) is 5.82 Å². The summed E-state index contributed by atoms with van der Waals surface area (Å²) in [6.07, 6.45) is 5.05. The lowest BCUT2D eigenvalue weighted by molar-refractivity contribution is 0.387. The number of rotatable bonds is 8. The Kier molecular flexibility index (Phi) is 6.16. The van der Waals surface area contributed by atoms with Crippen LogP contribution in [0.2, 0.25) is 0 Å². The van der Waals surface area contributed by atoms with Gasteiger partial charge >= 0.3 is 5.84 Å². The Labute approximate surface area is 194 Å². The van der Waals surface area contributed by atoms with Crippen LogP contribution in [0.1, 0.15) is 6.92 Å². The van der Waals surface area contributed by atoms with E-state index >= 15 is 0 Å². The molecule has 5 rings (SSSR count). The van der Waals surface area contributed by atoms with E-state index in [-0.39, 0.29) is 5.75 Å². The van der Waals surface area contributed by atoms with E-state index in [1.807, 2.05) is 10.5 Å². The molecule has 0 atom stereocenters. The van der Waals surface area contributed by atoms with Gasteiger partial charge in [-0.05, 0) is 24.3 Å². The first-order chi connectivity index (χ1) is 16.2. The summed E-state index contributed by atoms with van der Waals surface area (Å²) < 4.78 is 31.1. The third-order valence-electron chi connectivity index (χ3n) is 5.41. The second-order valence-electron chi connectivity index (χ2n) is 7.44. The Morgan fingerprint density at radius 1 is 1.21 bits per heavy atom. The van der Waals surface area contributed by atoms with Gasteiger partial charge in [0.2, 0.25) is 5.95 Å². The zero-order chi connectivity index (χ0) is 22.8. The smallest absolute Gasteiger partial charge is 0.306 e. The van der Waals surface area contributed by atoms with Gasteiger partial charge in [0, 0.05) is 62.8 Å². The molecule has 9 nitrogen and oxygen atoms in total. The summed E-state index contributed by atoms with van der Waals surface area (Å²) >= 11 is 1.78. The summed E-state index contributed by atoms with van der Waals surface area (Å²) in [6.45, 7) is 6.93. The molecule has 1 saturated heterocycles. The Morgan fingerprint density at radius 3 is 2.91 bits per heavy atom. The first kappa shape index (κ1) is 21.7. The molecule has 33 heavy (non-hydrogen) atoms. The fourth-order valence-corrected chi connectivity index (χ4v) is 4.69. The number of ether oxygens (including phenoxy) is 1. The van der Waals surface area contributed by atoms with E-state index in [2.05, 4.69) is 30.8 Å². The third-order valence-corrected chi connectivity index (χ3v) is 6.68. The number of hydrogen-bond acceptors (Lipinski definition) is 9. The molecule has 0 radical (unpaired) electrons. The van der Waals surface area contributed by atoms with E-state index < -0.39 is 5.82 Å². The Balaban J connectivity index is 1.41. The van der Waals surface area contributed by atoms with Crippen LogP contribution in [0.3, 0.4) is 0 Å². The molecule has 1 aromatic carbocycles. The van der Waals surface area contributed by atoms with Crippen molar-refractivity contribution in [1.82, 2.24) is 28.0 Å². The summed E-state index contributed by atoms with van der Waals surface area (Å²) in [7, 11) is 1.44. The summed E-state index contributed by atoms with van der Waals surface area (Å²) in [5.41, 5.74) is 2.71. The minimum absolute atomic E-state index is 0.148. The molecule has 172 valence electrons. The number of hydrogen-bond donors (Lipinski definition) is 1. The number of aromatic nitrogens is 4. The highest BCUT2D eigenvalue weighted by molar-refractivity contribution is 7.94. The van der Waals surface area contributed by atoms with Crippen molar-refractivity contribution in [2.75, 3.05) is 45.2 Å². The van der Waals surface area contributed by atoms with Crippen LogP contribution < -0.4 is 10.1 Å². The summed E-state index contributed by atoms with van der Waals surface area (Å²) in [5.74, 6) is 0.667. The molecular weight excluding hydrogens is 445 g/mol. The molecule has 3 aromatic heterocycles. The molecule has 0 aliphatic carbocycles. The average molecular weight is 470 g/mol. The first-order valence-electron chi connectivity index (χ1n) is 10.7. The molecule has 0 unspecified atom stereocenters. The van der Waals surface area contributed by atoms with Crippen LogP contribution in [0.4, 0.5) is 10.3 Å². The molecule has 4 aromatic rings. The molecule has 11 heteroatoms. The fourth-order valence-electron chi connectivity index (χ4n) is 3.74. The second kappa shape index (κ2) is 9.38. The minimum Gasteiger partial charge on any atom is -0.494 e. The van der Waals surface area contributed by atoms with E-state index in [1.165, 1.54) is 13.2 Å². The van der Waals surface area contributed by atoms with E-state index in [0.717, 1.165) is 38.4 Å². The Bertz CT molecular complexity index is 1260. The average Bonchev–Trinajstić information content (AvgIpc) is 3.55. The van der Waals surface area contributed by atoms with Gasteiger partial charge in [0.1, 0.15) is 17.7 Å². The van der Waals surface area contributed by atoms with Crippen LogP contribution >= 0.6 is 12.1 Å². The number of nitrogens with zero attached hydrogens (tertiary/aromatic N) is 6. The number of nitrogens with one attached hydrogen (secondary N) is 1. The largest absolute Gasteiger partial charge is 0.494 e. The number of likely N-dealkylation sites (N-methyl/N-ethyl adjacent to an activating group) is 1. The van der Waals surface area contributed by atoms with Crippen LogP contribution in [-0.4, -0.2) is 67.8 Å². The van der Waals surface area contributed by atoms with Crippen molar-refractivity contribution in [2.45, 2.75) is 6.92 Å². The number of fused-ring (bicyclic) bond motifs is 1.